The molecule has 0 radical (unpaired) electrons. The highest BCUT2D eigenvalue weighted by Gasteiger charge is 2.11. The summed E-state index contributed by atoms with van der Waals surface area (Å²) in [5.74, 6) is -1.07. The van der Waals surface area contributed by atoms with Crippen molar-refractivity contribution in [2.24, 2.45) is 5.73 Å². The molecule has 2 unspecified atom stereocenters. The Labute approximate surface area is 59.0 Å². The number of halogens is 1. The minimum atomic E-state index is -1.07. The van der Waals surface area contributed by atoms with Gasteiger partial charge < -0.3 is 10.8 Å². The van der Waals surface area contributed by atoms with Crippen LogP contribution in [0.4, 0.5) is 4.39 Å². The van der Waals surface area contributed by atoms with Crippen molar-refractivity contribution in [2.75, 3.05) is 0 Å². The van der Waals surface area contributed by atoms with E-state index >= 15 is 0 Å². The number of aliphatic carboxylic acids is 1. The van der Waals surface area contributed by atoms with Gasteiger partial charge in [-0.15, -0.1) is 0 Å². The first kappa shape index (κ1) is 9.36. The maximum Gasteiger partial charge on any atom is 0.320 e. The Kier molecular flexibility index (Phi) is 3.95. The number of hydrogen-bond donors (Lipinski definition) is 2. The Hall–Kier alpha value is -0.640. The van der Waals surface area contributed by atoms with Gasteiger partial charge in [0.15, 0.2) is 0 Å². The number of alkyl halides is 1. The van der Waals surface area contributed by atoms with Crippen LogP contribution in [-0.4, -0.2) is 23.3 Å². The summed E-state index contributed by atoms with van der Waals surface area (Å²) >= 11 is 0. The van der Waals surface area contributed by atoms with E-state index in [0.717, 1.165) is 0 Å². The average Bonchev–Trinajstić information content (AvgIpc) is 1.82. The molecular weight excluding hydrogens is 137 g/mol. The van der Waals surface area contributed by atoms with Crippen LogP contribution in [-0.2, 0) is 4.79 Å². The first-order valence-electron chi connectivity index (χ1n) is 3.16. The first-order valence-corrected chi connectivity index (χ1v) is 3.16. The van der Waals surface area contributed by atoms with E-state index in [-0.39, 0.29) is 12.8 Å². The van der Waals surface area contributed by atoms with E-state index < -0.39 is 18.2 Å². The SMILES string of the molecule is CC(F)CCC(N)C(=O)O. The van der Waals surface area contributed by atoms with Crippen molar-refractivity contribution in [1.82, 2.24) is 0 Å². The number of nitrogens with two attached hydrogens (primary N) is 1. The van der Waals surface area contributed by atoms with Crippen LogP contribution >= 0.6 is 0 Å². The molecule has 0 saturated heterocycles. The highest BCUT2D eigenvalue weighted by Crippen LogP contribution is 2.02. The van der Waals surface area contributed by atoms with Gasteiger partial charge >= 0.3 is 5.97 Å². The van der Waals surface area contributed by atoms with Crippen molar-refractivity contribution >= 4 is 5.97 Å². The number of carboxylic acids is 1. The number of carbonyl (C=O) groups is 1. The van der Waals surface area contributed by atoms with Gasteiger partial charge in [-0.3, -0.25) is 4.79 Å². The van der Waals surface area contributed by atoms with E-state index in [0.29, 0.717) is 0 Å². The molecule has 0 aromatic rings. The van der Waals surface area contributed by atoms with Crippen molar-refractivity contribution in [3.63, 3.8) is 0 Å². The predicted octanol–water partition coefficient (Wildman–Crippen LogP) is 0.536. The van der Waals surface area contributed by atoms with Crippen molar-refractivity contribution in [3.05, 3.63) is 0 Å². The Morgan fingerprint density at radius 2 is 2.20 bits per heavy atom. The molecule has 0 aliphatic carbocycles. The molecular formula is C6H12FNO2. The molecule has 3 N–H and O–H groups in total. The molecule has 3 nitrogen and oxygen atoms in total. The van der Waals surface area contributed by atoms with Gasteiger partial charge in [0.2, 0.25) is 0 Å². The third-order valence-electron chi connectivity index (χ3n) is 1.19. The van der Waals surface area contributed by atoms with Gasteiger partial charge in [-0.2, -0.15) is 0 Å². The number of hydrogen-bond acceptors (Lipinski definition) is 2. The Morgan fingerprint density at radius 3 is 2.50 bits per heavy atom. The van der Waals surface area contributed by atoms with Crippen LogP contribution in [0, 0.1) is 0 Å². The molecule has 0 aliphatic rings. The summed E-state index contributed by atoms with van der Waals surface area (Å²) in [7, 11) is 0. The molecule has 60 valence electrons. The normalized spacial score (nSPS) is 16.3. The Morgan fingerprint density at radius 1 is 1.70 bits per heavy atom. The molecule has 0 rings (SSSR count). The molecule has 0 bridgehead atoms. The highest BCUT2D eigenvalue weighted by molar-refractivity contribution is 5.72. The van der Waals surface area contributed by atoms with Gasteiger partial charge in [-0.1, -0.05) is 0 Å². The molecule has 0 aliphatic heterocycles. The minimum Gasteiger partial charge on any atom is -0.480 e. The van der Waals surface area contributed by atoms with Gasteiger partial charge in [-0.05, 0) is 19.8 Å². The molecule has 0 heterocycles. The summed E-state index contributed by atoms with van der Waals surface area (Å²) in [6, 6.07) is -0.918. The fraction of sp³-hybridized carbons (Fsp3) is 0.833. The Bertz CT molecular complexity index is 116. The summed E-state index contributed by atoms with van der Waals surface area (Å²) in [6.07, 6.45) is -0.550. The summed E-state index contributed by atoms with van der Waals surface area (Å²) < 4.78 is 12.1. The predicted molar refractivity (Wildman–Crippen MR) is 35.4 cm³/mol. The van der Waals surface area contributed by atoms with Gasteiger partial charge in [0.25, 0.3) is 0 Å². The van der Waals surface area contributed by atoms with Crippen molar-refractivity contribution in [1.29, 1.82) is 0 Å². The molecule has 0 aromatic heterocycles. The zero-order chi connectivity index (χ0) is 8.15. The molecule has 0 fully saturated rings. The zero-order valence-electron chi connectivity index (χ0n) is 5.88. The van der Waals surface area contributed by atoms with Gasteiger partial charge in [0, 0.05) is 0 Å². The molecule has 0 saturated carbocycles. The van der Waals surface area contributed by atoms with E-state index in [1.807, 2.05) is 0 Å². The minimum absolute atomic E-state index is 0.201. The summed E-state index contributed by atoms with van der Waals surface area (Å²) in [5, 5.41) is 8.25. The van der Waals surface area contributed by atoms with Crippen molar-refractivity contribution < 1.29 is 14.3 Å². The van der Waals surface area contributed by atoms with E-state index in [1.165, 1.54) is 6.92 Å². The molecule has 0 amide bonds. The first-order chi connectivity index (χ1) is 4.54. The second-order valence-corrected chi connectivity index (χ2v) is 2.30. The maximum absolute atomic E-state index is 12.1. The molecule has 0 aromatic carbocycles. The van der Waals surface area contributed by atoms with Crippen LogP contribution in [0.1, 0.15) is 19.8 Å². The van der Waals surface area contributed by atoms with Crippen LogP contribution < -0.4 is 5.73 Å². The summed E-state index contributed by atoms with van der Waals surface area (Å²) in [4.78, 5) is 10.1. The van der Waals surface area contributed by atoms with Crippen LogP contribution in [0.3, 0.4) is 0 Å². The van der Waals surface area contributed by atoms with Crippen LogP contribution in [0.25, 0.3) is 0 Å². The largest absolute Gasteiger partial charge is 0.480 e. The topological polar surface area (TPSA) is 63.3 Å². The second-order valence-electron chi connectivity index (χ2n) is 2.30. The smallest absolute Gasteiger partial charge is 0.320 e. The second kappa shape index (κ2) is 4.22. The Balaban J connectivity index is 3.40. The van der Waals surface area contributed by atoms with E-state index in [1.54, 1.807) is 0 Å². The standard InChI is InChI=1S/C6H12FNO2/c1-4(7)2-3-5(8)6(9)10/h4-5H,2-3,8H2,1H3,(H,9,10). The van der Waals surface area contributed by atoms with Gasteiger partial charge in [0.05, 0.1) is 6.17 Å². The molecule has 4 heteroatoms. The van der Waals surface area contributed by atoms with Crippen LogP contribution in [0.5, 0.6) is 0 Å². The zero-order valence-corrected chi connectivity index (χ0v) is 5.88. The van der Waals surface area contributed by atoms with Crippen LogP contribution in [0.15, 0.2) is 0 Å². The lowest BCUT2D eigenvalue weighted by molar-refractivity contribution is -0.138. The quantitative estimate of drug-likeness (QED) is 0.613. The summed E-state index contributed by atoms with van der Waals surface area (Å²) in [6.45, 7) is 1.38. The monoisotopic (exact) mass is 149 g/mol. The third-order valence-corrected chi connectivity index (χ3v) is 1.19. The van der Waals surface area contributed by atoms with E-state index in [2.05, 4.69) is 0 Å². The average molecular weight is 149 g/mol. The van der Waals surface area contributed by atoms with Crippen LogP contribution in [0.2, 0.25) is 0 Å². The maximum atomic E-state index is 12.1. The highest BCUT2D eigenvalue weighted by atomic mass is 19.1. The third kappa shape index (κ3) is 4.26. The molecule has 2 atom stereocenters. The molecule has 10 heavy (non-hydrogen) atoms. The fourth-order valence-corrected chi connectivity index (χ4v) is 0.533. The van der Waals surface area contributed by atoms with Gasteiger partial charge in [0.1, 0.15) is 6.04 Å². The fourth-order valence-electron chi connectivity index (χ4n) is 0.533. The lowest BCUT2D eigenvalue weighted by Gasteiger charge is -2.05. The lowest BCUT2D eigenvalue weighted by Crippen LogP contribution is -2.30. The summed E-state index contributed by atoms with van der Waals surface area (Å²) in [5.41, 5.74) is 5.10. The number of carboxylic acid groups (broad SMARTS) is 1. The number of rotatable bonds is 4. The van der Waals surface area contributed by atoms with E-state index in [9.17, 15) is 9.18 Å². The molecule has 0 spiro atoms. The van der Waals surface area contributed by atoms with Crippen molar-refractivity contribution in [3.8, 4) is 0 Å². The lowest BCUT2D eigenvalue weighted by atomic mass is 10.1. The van der Waals surface area contributed by atoms with E-state index in [4.69, 9.17) is 10.8 Å². The van der Waals surface area contributed by atoms with Gasteiger partial charge in [-0.25, -0.2) is 4.39 Å². The van der Waals surface area contributed by atoms with Crippen molar-refractivity contribution in [2.45, 2.75) is 32.0 Å².